The highest BCUT2D eigenvalue weighted by atomic mass is 16.5. The van der Waals surface area contributed by atoms with E-state index in [1.54, 1.807) is 31.4 Å². The van der Waals surface area contributed by atoms with Gasteiger partial charge in [-0.3, -0.25) is 14.4 Å². The van der Waals surface area contributed by atoms with E-state index in [2.05, 4.69) is 10.6 Å². The quantitative estimate of drug-likeness (QED) is 0.620. The Hall–Kier alpha value is -2.57. The van der Waals surface area contributed by atoms with Gasteiger partial charge in [0.15, 0.2) is 6.10 Å². The fourth-order valence-electron chi connectivity index (χ4n) is 6.29. The molecule has 4 fully saturated rings. The van der Waals surface area contributed by atoms with Crippen LogP contribution in [0.15, 0.2) is 24.3 Å². The number of rotatable bonds is 8. The fraction of sp³-hybridized carbons (Fsp3) is 0.625. The van der Waals surface area contributed by atoms with Crippen LogP contribution in [0.1, 0.15) is 51.9 Å². The summed E-state index contributed by atoms with van der Waals surface area (Å²) in [5.41, 5.74) is 0.714. The molecule has 0 heterocycles. The zero-order valence-corrected chi connectivity index (χ0v) is 18.3. The summed E-state index contributed by atoms with van der Waals surface area (Å²) >= 11 is 0. The number of ether oxygens (including phenoxy) is 2. The Bertz CT molecular complexity index is 800. The predicted molar refractivity (Wildman–Crippen MR) is 115 cm³/mol. The van der Waals surface area contributed by atoms with Gasteiger partial charge < -0.3 is 20.1 Å². The lowest BCUT2D eigenvalue weighted by Crippen LogP contribution is -2.48. The van der Waals surface area contributed by atoms with Crippen LogP contribution in [0.5, 0.6) is 5.75 Å². The summed E-state index contributed by atoms with van der Waals surface area (Å²) in [5.74, 6) is 1.91. The van der Waals surface area contributed by atoms with Crippen molar-refractivity contribution in [3.8, 4) is 5.75 Å². The molecule has 4 aliphatic carbocycles. The number of carbonyl (C=O) groups excluding carboxylic acids is 3. The molecule has 5 rings (SSSR count). The topological polar surface area (TPSA) is 93.7 Å². The number of anilines is 1. The molecule has 4 saturated carbocycles. The van der Waals surface area contributed by atoms with Crippen LogP contribution in [-0.2, 0) is 19.1 Å². The molecule has 0 radical (unpaired) electrons. The number of methoxy groups -OCH3 is 1. The van der Waals surface area contributed by atoms with E-state index in [-0.39, 0.29) is 17.9 Å². The molecule has 2 amide bonds. The van der Waals surface area contributed by atoms with Crippen molar-refractivity contribution in [1.29, 1.82) is 0 Å². The molecule has 7 heteroatoms. The number of hydrogen-bond donors (Lipinski definition) is 2. The first-order valence-corrected chi connectivity index (χ1v) is 11.3. The van der Waals surface area contributed by atoms with Gasteiger partial charge in [-0.25, -0.2) is 0 Å². The van der Waals surface area contributed by atoms with Crippen LogP contribution in [0.25, 0.3) is 0 Å². The molecular formula is C24H32N2O5. The van der Waals surface area contributed by atoms with Crippen molar-refractivity contribution in [2.45, 2.75) is 58.0 Å². The summed E-state index contributed by atoms with van der Waals surface area (Å²) < 4.78 is 10.3. The standard InChI is InChI=1S/C24H32N2O5/c1-15(23(29)26-19-3-5-20(30-2)6-4-19)31-22(28)14-25-21(27)13-24-10-16-7-17(11-24)9-18(8-16)12-24/h3-6,15-18H,7-14H2,1-2H3,(H,25,27)(H,26,29)/t15-,16?,17?,18?,24?/m0/s1. The van der Waals surface area contributed by atoms with Crippen LogP contribution in [0.3, 0.4) is 0 Å². The Labute approximate surface area is 183 Å². The zero-order chi connectivity index (χ0) is 22.0. The number of hydrogen-bond acceptors (Lipinski definition) is 5. The van der Waals surface area contributed by atoms with Crippen LogP contribution in [0.2, 0.25) is 0 Å². The minimum absolute atomic E-state index is 0.0887. The molecule has 1 aromatic carbocycles. The smallest absolute Gasteiger partial charge is 0.326 e. The van der Waals surface area contributed by atoms with E-state index in [0.717, 1.165) is 37.0 Å². The number of amides is 2. The summed E-state index contributed by atoms with van der Waals surface area (Å²) in [6.07, 6.45) is 7.00. The Morgan fingerprint density at radius 3 is 2.16 bits per heavy atom. The van der Waals surface area contributed by atoms with Gasteiger partial charge in [-0.2, -0.15) is 0 Å². The van der Waals surface area contributed by atoms with Crippen molar-refractivity contribution in [2.24, 2.45) is 23.2 Å². The Kier molecular flexibility index (Phi) is 6.21. The first kappa shape index (κ1) is 21.7. The second-order valence-corrected chi connectivity index (χ2v) is 9.72. The fourth-order valence-corrected chi connectivity index (χ4v) is 6.29. The molecule has 2 N–H and O–H groups in total. The van der Waals surface area contributed by atoms with E-state index in [1.807, 2.05) is 0 Å². The summed E-state index contributed by atoms with van der Waals surface area (Å²) in [5, 5.41) is 5.39. The van der Waals surface area contributed by atoms with Crippen molar-refractivity contribution in [2.75, 3.05) is 19.0 Å². The first-order chi connectivity index (χ1) is 14.8. The number of nitrogens with one attached hydrogen (secondary N) is 2. The third-order valence-electron chi connectivity index (χ3n) is 7.17. The van der Waals surface area contributed by atoms with Gasteiger partial charge in [-0.05, 0) is 92.9 Å². The van der Waals surface area contributed by atoms with Gasteiger partial charge >= 0.3 is 5.97 Å². The Morgan fingerprint density at radius 1 is 1.03 bits per heavy atom. The highest BCUT2D eigenvalue weighted by molar-refractivity contribution is 5.95. The van der Waals surface area contributed by atoms with Crippen molar-refractivity contribution in [1.82, 2.24) is 5.32 Å². The van der Waals surface area contributed by atoms with Crippen molar-refractivity contribution < 1.29 is 23.9 Å². The molecule has 31 heavy (non-hydrogen) atoms. The van der Waals surface area contributed by atoms with Gasteiger partial charge in [0.2, 0.25) is 5.91 Å². The monoisotopic (exact) mass is 428 g/mol. The average Bonchev–Trinajstić information content (AvgIpc) is 2.71. The van der Waals surface area contributed by atoms with E-state index in [1.165, 1.54) is 26.2 Å². The van der Waals surface area contributed by atoms with E-state index < -0.39 is 18.0 Å². The van der Waals surface area contributed by atoms with Gasteiger partial charge in [0, 0.05) is 12.1 Å². The Balaban J connectivity index is 1.19. The van der Waals surface area contributed by atoms with Gasteiger partial charge in [0.25, 0.3) is 5.91 Å². The van der Waals surface area contributed by atoms with Crippen LogP contribution < -0.4 is 15.4 Å². The Morgan fingerprint density at radius 2 is 1.61 bits per heavy atom. The second-order valence-electron chi connectivity index (χ2n) is 9.72. The molecule has 4 bridgehead atoms. The molecule has 0 spiro atoms. The molecule has 1 aromatic rings. The molecule has 0 aromatic heterocycles. The van der Waals surface area contributed by atoms with Gasteiger partial charge in [0.1, 0.15) is 12.3 Å². The van der Waals surface area contributed by atoms with Crippen LogP contribution in [0.4, 0.5) is 5.69 Å². The normalized spacial score (nSPS) is 29.2. The van der Waals surface area contributed by atoms with Crippen molar-refractivity contribution >= 4 is 23.5 Å². The van der Waals surface area contributed by atoms with Gasteiger partial charge in [-0.1, -0.05) is 0 Å². The van der Waals surface area contributed by atoms with Crippen LogP contribution in [-0.4, -0.2) is 37.5 Å². The maximum Gasteiger partial charge on any atom is 0.326 e. The molecule has 0 aliphatic heterocycles. The minimum atomic E-state index is -0.963. The van der Waals surface area contributed by atoms with Crippen LogP contribution in [0, 0.1) is 23.2 Å². The lowest BCUT2D eigenvalue weighted by molar-refractivity contribution is -0.153. The first-order valence-electron chi connectivity index (χ1n) is 11.3. The van der Waals surface area contributed by atoms with E-state index in [0.29, 0.717) is 17.9 Å². The average molecular weight is 429 g/mol. The molecule has 7 nitrogen and oxygen atoms in total. The number of esters is 1. The number of benzene rings is 1. The maximum absolute atomic E-state index is 12.5. The lowest BCUT2D eigenvalue weighted by atomic mass is 9.49. The minimum Gasteiger partial charge on any atom is -0.497 e. The lowest BCUT2D eigenvalue weighted by Gasteiger charge is -2.56. The van der Waals surface area contributed by atoms with Gasteiger partial charge in [-0.15, -0.1) is 0 Å². The van der Waals surface area contributed by atoms with E-state index >= 15 is 0 Å². The maximum atomic E-state index is 12.5. The highest BCUT2D eigenvalue weighted by Gasteiger charge is 2.51. The van der Waals surface area contributed by atoms with Crippen molar-refractivity contribution in [3.63, 3.8) is 0 Å². The molecule has 4 aliphatic rings. The number of carbonyl (C=O) groups is 3. The molecular weight excluding hydrogens is 396 g/mol. The summed E-state index contributed by atoms with van der Waals surface area (Å²) in [7, 11) is 1.57. The largest absolute Gasteiger partial charge is 0.497 e. The van der Waals surface area contributed by atoms with E-state index in [9.17, 15) is 14.4 Å². The SMILES string of the molecule is COc1ccc(NC(=O)[C@H](C)OC(=O)CNC(=O)CC23CC4CC(CC(C4)C2)C3)cc1. The second kappa shape index (κ2) is 8.89. The third kappa shape index (κ3) is 5.20. The van der Waals surface area contributed by atoms with Gasteiger partial charge in [0.05, 0.1) is 7.11 Å². The molecule has 168 valence electrons. The summed E-state index contributed by atoms with van der Waals surface area (Å²) in [6, 6.07) is 6.86. The third-order valence-corrected chi connectivity index (χ3v) is 7.17. The van der Waals surface area contributed by atoms with E-state index in [4.69, 9.17) is 9.47 Å². The predicted octanol–water partition coefficient (Wildman–Crippen LogP) is 3.29. The molecule has 0 unspecified atom stereocenters. The van der Waals surface area contributed by atoms with Crippen LogP contribution >= 0.6 is 0 Å². The van der Waals surface area contributed by atoms with Crippen molar-refractivity contribution in [3.05, 3.63) is 24.3 Å². The highest BCUT2D eigenvalue weighted by Crippen LogP contribution is 2.61. The summed E-state index contributed by atoms with van der Waals surface area (Å²) in [6.45, 7) is 1.29. The summed E-state index contributed by atoms with van der Waals surface area (Å²) in [4.78, 5) is 36.9. The molecule has 1 atom stereocenters. The zero-order valence-electron chi connectivity index (χ0n) is 18.3. The molecule has 0 saturated heterocycles.